The Hall–Kier alpha value is -1.09. The SMILES string of the molecule is CCC/C=C/[C@@H]1[C@H]2CC(CCC(=O)O)=C[C@H]2C[C@H]1O. The molecule has 0 spiro atoms. The lowest BCUT2D eigenvalue weighted by Gasteiger charge is -2.18. The monoisotopic (exact) mass is 264 g/mol. The number of carbonyl (C=O) groups is 1. The summed E-state index contributed by atoms with van der Waals surface area (Å²) in [5, 5.41) is 18.9. The van der Waals surface area contributed by atoms with Crippen molar-refractivity contribution in [1.82, 2.24) is 0 Å². The van der Waals surface area contributed by atoms with E-state index in [2.05, 4.69) is 25.2 Å². The van der Waals surface area contributed by atoms with Crippen molar-refractivity contribution in [3.63, 3.8) is 0 Å². The van der Waals surface area contributed by atoms with Crippen LogP contribution in [-0.4, -0.2) is 22.3 Å². The van der Waals surface area contributed by atoms with Crippen LogP contribution in [0.4, 0.5) is 0 Å². The first-order valence-electron chi connectivity index (χ1n) is 7.38. The standard InChI is InChI=1S/C16H24O3/c1-2-3-4-5-13-14-9-11(6-7-16(18)19)8-12(14)10-15(13)17/h4-5,8,12-15,17H,2-3,6-7,9-10H2,1H3,(H,18,19)/b5-4+/t12-,13+,14-,15+/m0/s1. The Labute approximate surface area is 115 Å². The van der Waals surface area contributed by atoms with E-state index in [0.29, 0.717) is 18.3 Å². The summed E-state index contributed by atoms with van der Waals surface area (Å²) in [4.78, 5) is 10.6. The van der Waals surface area contributed by atoms with Crippen LogP contribution in [-0.2, 0) is 4.79 Å². The minimum Gasteiger partial charge on any atom is -0.481 e. The van der Waals surface area contributed by atoms with Gasteiger partial charge in [-0.05, 0) is 37.5 Å². The Kier molecular flexibility index (Phi) is 4.81. The van der Waals surface area contributed by atoms with E-state index in [9.17, 15) is 9.90 Å². The topological polar surface area (TPSA) is 57.5 Å². The lowest BCUT2D eigenvalue weighted by atomic mass is 9.89. The minimum absolute atomic E-state index is 0.222. The highest BCUT2D eigenvalue weighted by atomic mass is 16.4. The average Bonchev–Trinajstić information content (AvgIpc) is 2.86. The van der Waals surface area contributed by atoms with Crippen molar-refractivity contribution in [2.75, 3.05) is 0 Å². The molecular weight excluding hydrogens is 240 g/mol. The predicted octanol–water partition coefficient (Wildman–Crippen LogP) is 3.15. The van der Waals surface area contributed by atoms with Gasteiger partial charge in [-0.2, -0.15) is 0 Å². The molecule has 1 fully saturated rings. The van der Waals surface area contributed by atoms with Gasteiger partial charge >= 0.3 is 5.97 Å². The molecule has 0 heterocycles. The first-order valence-corrected chi connectivity index (χ1v) is 7.38. The summed E-state index contributed by atoms with van der Waals surface area (Å²) in [7, 11) is 0. The second-order valence-electron chi connectivity index (χ2n) is 5.85. The van der Waals surface area contributed by atoms with Crippen molar-refractivity contribution in [2.24, 2.45) is 17.8 Å². The van der Waals surface area contributed by atoms with Gasteiger partial charge in [0.25, 0.3) is 0 Å². The van der Waals surface area contributed by atoms with Gasteiger partial charge in [0.2, 0.25) is 0 Å². The zero-order valence-electron chi connectivity index (χ0n) is 11.6. The van der Waals surface area contributed by atoms with E-state index in [4.69, 9.17) is 5.11 Å². The number of rotatable bonds is 6. The summed E-state index contributed by atoms with van der Waals surface area (Å²) in [6.45, 7) is 2.15. The first-order chi connectivity index (χ1) is 9.11. The molecule has 0 aliphatic heterocycles. The average molecular weight is 264 g/mol. The second kappa shape index (κ2) is 6.38. The van der Waals surface area contributed by atoms with Gasteiger partial charge in [0, 0.05) is 12.3 Å². The molecule has 2 rings (SSSR count). The maximum Gasteiger partial charge on any atom is 0.303 e. The molecule has 0 unspecified atom stereocenters. The number of aliphatic hydroxyl groups excluding tert-OH is 1. The molecule has 0 amide bonds. The molecule has 19 heavy (non-hydrogen) atoms. The molecule has 0 radical (unpaired) electrons. The minimum atomic E-state index is -0.725. The Morgan fingerprint density at radius 1 is 1.53 bits per heavy atom. The highest BCUT2D eigenvalue weighted by Gasteiger charge is 2.43. The number of hydrogen-bond acceptors (Lipinski definition) is 2. The van der Waals surface area contributed by atoms with Crippen molar-refractivity contribution in [1.29, 1.82) is 0 Å². The maximum atomic E-state index is 10.6. The Morgan fingerprint density at radius 3 is 3.00 bits per heavy atom. The molecule has 4 atom stereocenters. The van der Waals surface area contributed by atoms with Crippen molar-refractivity contribution in [2.45, 2.75) is 51.6 Å². The van der Waals surface area contributed by atoms with Crippen LogP contribution >= 0.6 is 0 Å². The summed E-state index contributed by atoms with van der Waals surface area (Å²) >= 11 is 0. The largest absolute Gasteiger partial charge is 0.481 e. The van der Waals surface area contributed by atoms with Gasteiger partial charge in [0.15, 0.2) is 0 Å². The van der Waals surface area contributed by atoms with E-state index >= 15 is 0 Å². The summed E-state index contributed by atoms with van der Waals surface area (Å²) in [5.74, 6) is 0.481. The number of carboxylic acid groups (broad SMARTS) is 1. The molecule has 0 saturated heterocycles. The van der Waals surface area contributed by atoms with Crippen LogP contribution in [0.2, 0.25) is 0 Å². The van der Waals surface area contributed by atoms with Crippen LogP contribution in [0.3, 0.4) is 0 Å². The number of hydrogen-bond donors (Lipinski definition) is 2. The van der Waals surface area contributed by atoms with Crippen molar-refractivity contribution in [3.05, 3.63) is 23.8 Å². The summed E-state index contributed by atoms with van der Waals surface area (Å²) in [6.07, 6.45) is 11.3. The fourth-order valence-corrected chi connectivity index (χ4v) is 3.48. The molecule has 0 aromatic carbocycles. The number of carboxylic acids is 1. The Morgan fingerprint density at radius 2 is 2.32 bits per heavy atom. The molecule has 2 N–H and O–H groups in total. The maximum absolute atomic E-state index is 10.6. The normalized spacial score (nSPS) is 33.7. The number of fused-ring (bicyclic) bond motifs is 1. The molecule has 2 aliphatic rings. The zero-order valence-corrected chi connectivity index (χ0v) is 11.6. The van der Waals surface area contributed by atoms with Crippen molar-refractivity contribution >= 4 is 5.97 Å². The van der Waals surface area contributed by atoms with Gasteiger partial charge in [0.05, 0.1) is 6.10 Å². The van der Waals surface area contributed by atoms with Gasteiger partial charge in [-0.25, -0.2) is 0 Å². The fraction of sp³-hybridized carbons (Fsp3) is 0.688. The lowest BCUT2D eigenvalue weighted by molar-refractivity contribution is -0.136. The van der Waals surface area contributed by atoms with Crippen LogP contribution in [0, 0.1) is 17.8 Å². The first kappa shape index (κ1) is 14.3. The molecule has 0 aromatic heterocycles. The molecule has 3 nitrogen and oxygen atoms in total. The number of aliphatic hydroxyl groups is 1. The second-order valence-corrected chi connectivity index (χ2v) is 5.85. The highest BCUT2D eigenvalue weighted by Crippen LogP contribution is 2.48. The molecule has 1 saturated carbocycles. The van der Waals surface area contributed by atoms with E-state index in [1.54, 1.807) is 0 Å². The predicted molar refractivity (Wildman–Crippen MR) is 74.7 cm³/mol. The Bertz CT molecular complexity index is 383. The molecule has 3 heteroatoms. The third-order valence-electron chi connectivity index (χ3n) is 4.42. The lowest BCUT2D eigenvalue weighted by Crippen LogP contribution is -2.17. The number of allylic oxidation sites excluding steroid dienone is 3. The molecule has 0 bridgehead atoms. The van der Waals surface area contributed by atoms with Crippen LogP contribution in [0.25, 0.3) is 0 Å². The van der Waals surface area contributed by atoms with Crippen molar-refractivity contribution < 1.29 is 15.0 Å². The number of aliphatic carboxylic acids is 1. The van der Waals surface area contributed by atoms with Gasteiger partial charge in [-0.1, -0.05) is 37.1 Å². The van der Waals surface area contributed by atoms with E-state index in [1.807, 2.05) is 0 Å². The third kappa shape index (κ3) is 3.47. The molecule has 2 aliphatic carbocycles. The molecular formula is C16H24O3. The van der Waals surface area contributed by atoms with E-state index in [0.717, 1.165) is 25.7 Å². The zero-order chi connectivity index (χ0) is 13.8. The van der Waals surface area contributed by atoms with Gasteiger partial charge in [0.1, 0.15) is 0 Å². The number of unbranched alkanes of at least 4 members (excludes halogenated alkanes) is 1. The smallest absolute Gasteiger partial charge is 0.303 e. The Balaban J connectivity index is 1.93. The quantitative estimate of drug-likeness (QED) is 0.725. The summed E-state index contributed by atoms with van der Waals surface area (Å²) in [5.41, 5.74) is 1.28. The van der Waals surface area contributed by atoms with E-state index < -0.39 is 5.97 Å². The van der Waals surface area contributed by atoms with Gasteiger partial charge < -0.3 is 10.2 Å². The van der Waals surface area contributed by atoms with Gasteiger partial charge in [-0.15, -0.1) is 0 Å². The van der Waals surface area contributed by atoms with Crippen LogP contribution < -0.4 is 0 Å². The summed E-state index contributed by atoms with van der Waals surface area (Å²) in [6, 6.07) is 0. The van der Waals surface area contributed by atoms with E-state index in [-0.39, 0.29) is 18.4 Å². The third-order valence-corrected chi connectivity index (χ3v) is 4.42. The van der Waals surface area contributed by atoms with Crippen molar-refractivity contribution in [3.8, 4) is 0 Å². The fourth-order valence-electron chi connectivity index (χ4n) is 3.48. The molecule has 0 aromatic rings. The van der Waals surface area contributed by atoms with Crippen LogP contribution in [0.5, 0.6) is 0 Å². The molecule has 106 valence electrons. The van der Waals surface area contributed by atoms with Gasteiger partial charge in [-0.3, -0.25) is 4.79 Å². The van der Waals surface area contributed by atoms with Crippen LogP contribution in [0.15, 0.2) is 23.8 Å². The van der Waals surface area contributed by atoms with Crippen LogP contribution in [0.1, 0.15) is 45.4 Å². The summed E-state index contributed by atoms with van der Waals surface area (Å²) < 4.78 is 0. The highest BCUT2D eigenvalue weighted by molar-refractivity contribution is 5.67. The van der Waals surface area contributed by atoms with E-state index in [1.165, 1.54) is 5.57 Å².